The SMILES string of the molecule is Cc1nn(C)c(-n2ccc(C(C)C)n2)c1C=CC(=O)O. The molecule has 0 radical (unpaired) electrons. The maximum absolute atomic E-state index is 10.7. The third kappa shape index (κ3) is 2.64. The molecule has 0 aliphatic rings. The molecule has 6 nitrogen and oxygen atoms in total. The van der Waals surface area contributed by atoms with Gasteiger partial charge < -0.3 is 5.11 Å². The van der Waals surface area contributed by atoms with Crippen molar-refractivity contribution in [1.29, 1.82) is 0 Å². The van der Waals surface area contributed by atoms with Crippen LogP contribution in [0.1, 0.15) is 36.7 Å². The van der Waals surface area contributed by atoms with Gasteiger partial charge in [0.25, 0.3) is 0 Å². The van der Waals surface area contributed by atoms with Gasteiger partial charge in [0.05, 0.1) is 11.4 Å². The molecule has 6 heteroatoms. The molecule has 0 amide bonds. The molecule has 0 atom stereocenters. The van der Waals surface area contributed by atoms with Gasteiger partial charge in [-0.15, -0.1) is 0 Å². The Morgan fingerprint density at radius 3 is 2.65 bits per heavy atom. The van der Waals surface area contributed by atoms with Crippen molar-refractivity contribution in [1.82, 2.24) is 19.6 Å². The molecule has 0 aliphatic heterocycles. The lowest BCUT2D eigenvalue weighted by Gasteiger charge is -2.04. The van der Waals surface area contributed by atoms with Gasteiger partial charge in [-0.2, -0.15) is 10.2 Å². The lowest BCUT2D eigenvalue weighted by molar-refractivity contribution is -0.131. The summed E-state index contributed by atoms with van der Waals surface area (Å²) in [5.74, 6) is 0.109. The second kappa shape index (κ2) is 5.32. The van der Waals surface area contributed by atoms with E-state index in [1.807, 2.05) is 26.2 Å². The molecule has 106 valence electrons. The predicted molar refractivity (Wildman–Crippen MR) is 75.8 cm³/mol. The average molecular weight is 274 g/mol. The van der Waals surface area contributed by atoms with Gasteiger partial charge in [-0.3, -0.25) is 4.68 Å². The second-order valence-electron chi connectivity index (χ2n) is 4.96. The highest BCUT2D eigenvalue weighted by Gasteiger charge is 2.15. The standard InChI is InChI=1S/C14H18N4O2/c1-9(2)12-7-8-18(16-12)14-11(5-6-13(19)20)10(3)15-17(14)4/h5-9H,1-4H3,(H,19,20). The van der Waals surface area contributed by atoms with Crippen LogP contribution in [0.25, 0.3) is 11.9 Å². The van der Waals surface area contributed by atoms with Crippen molar-refractivity contribution in [2.24, 2.45) is 7.05 Å². The number of carboxylic acids is 1. The van der Waals surface area contributed by atoms with Crippen LogP contribution in [0, 0.1) is 6.92 Å². The Hall–Kier alpha value is -2.37. The minimum absolute atomic E-state index is 0.337. The summed E-state index contributed by atoms with van der Waals surface area (Å²) in [7, 11) is 1.82. The quantitative estimate of drug-likeness (QED) is 0.867. The number of aromatic nitrogens is 4. The first-order valence-corrected chi connectivity index (χ1v) is 6.40. The van der Waals surface area contributed by atoms with Crippen LogP contribution in [0.2, 0.25) is 0 Å². The number of nitrogens with zero attached hydrogens (tertiary/aromatic N) is 4. The molecule has 1 N–H and O–H groups in total. The lowest BCUT2D eigenvalue weighted by atomic mass is 10.1. The smallest absolute Gasteiger partial charge is 0.328 e. The van der Waals surface area contributed by atoms with E-state index >= 15 is 0 Å². The molecule has 0 saturated heterocycles. The summed E-state index contributed by atoms with van der Waals surface area (Å²) in [6.07, 6.45) is 4.53. The van der Waals surface area contributed by atoms with Gasteiger partial charge in [0.15, 0.2) is 5.82 Å². The minimum atomic E-state index is -0.984. The van der Waals surface area contributed by atoms with Gasteiger partial charge in [-0.05, 0) is 25.0 Å². The lowest BCUT2D eigenvalue weighted by Crippen LogP contribution is -2.05. The Labute approximate surface area is 117 Å². The van der Waals surface area contributed by atoms with Gasteiger partial charge in [0.2, 0.25) is 0 Å². The van der Waals surface area contributed by atoms with Crippen LogP contribution >= 0.6 is 0 Å². The van der Waals surface area contributed by atoms with Crippen LogP contribution in [-0.4, -0.2) is 30.6 Å². The first kappa shape index (κ1) is 14.0. The zero-order chi connectivity index (χ0) is 14.9. The van der Waals surface area contributed by atoms with Crippen LogP contribution in [0.15, 0.2) is 18.3 Å². The fraction of sp³-hybridized carbons (Fsp3) is 0.357. The van der Waals surface area contributed by atoms with E-state index in [2.05, 4.69) is 24.0 Å². The van der Waals surface area contributed by atoms with E-state index in [1.165, 1.54) is 0 Å². The van der Waals surface area contributed by atoms with Crippen molar-refractivity contribution in [2.75, 3.05) is 0 Å². The summed E-state index contributed by atoms with van der Waals surface area (Å²) in [5, 5.41) is 17.6. The van der Waals surface area contributed by atoms with Crippen molar-refractivity contribution in [3.63, 3.8) is 0 Å². The van der Waals surface area contributed by atoms with Gasteiger partial charge >= 0.3 is 5.97 Å². The molecule has 2 rings (SSSR count). The number of hydrogen-bond acceptors (Lipinski definition) is 3. The maximum atomic E-state index is 10.7. The van der Waals surface area contributed by atoms with E-state index < -0.39 is 5.97 Å². The highest BCUT2D eigenvalue weighted by atomic mass is 16.4. The Bertz CT molecular complexity index is 665. The number of rotatable bonds is 4. The third-order valence-corrected chi connectivity index (χ3v) is 3.05. The van der Waals surface area contributed by atoms with Gasteiger partial charge in [0, 0.05) is 24.9 Å². The number of aliphatic carboxylic acids is 1. The molecule has 0 bridgehead atoms. The van der Waals surface area contributed by atoms with Gasteiger partial charge in [-0.1, -0.05) is 13.8 Å². The molecular weight excluding hydrogens is 256 g/mol. The molecule has 2 heterocycles. The van der Waals surface area contributed by atoms with Gasteiger partial charge in [-0.25, -0.2) is 9.48 Å². The largest absolute Gasteiger partial charge is 0.478 e. The summed E-state index contributed by atoms with van der Waals surface area (Å²) in [5.41, 5.74) is 2.51. The van der Waals surface area contributed by atoms with Crippen LogP contribution in [0.5, 0.6) is 0 Å². The Balaban J connectivity index is 2.52. The first-order valence-electron chi connectivity index (χ1n) is 6.40. The van der Waals surface area contributed by atoms with Crippen LogP contribution in [-0.2, 0) is 11.8 Å². The van der Waals surface area contributed by atoms with E-state index in [9.17, 15) is 4.79 Å². The van der Waals surface area contributed by atoms with Crippen molar-refractivity contribution >= 4 is 12.0 Å². The highest BCUT2D eigenvalue weighted by Crippen LogP contribution is 2.20. The van der Waals surface area contributed by atoms with Crippen molar-refractivity contribution < 1.29 is 9.90 Å². The molecule has 0 aliphatic carbocycles. The normalized spacial score (nSPS) is 11.7. The van der Waals surface area contributed by atoms with E-state index in [1.54, 1.807) is 15.4 Å². The van der Waals surface area contributed by atoms with Crippen LogP contribution in [0.3, 0.4) is 0 Å². The average Bonchev–Trinajstić information content (AvgIpc) is 2.91. The molecule has 0 unspecified atom stereocenters. The van der Waals surface area contributed by atoms with E-state index in [-0.39, 0.29) is 0 Å². The molecular formula is C14H18N4O2. The van der Waals surface area contributed by atoms with Crippen molar-refractivity contribution in [2.45, 2.75) is 26.7 Å². The maximum Gasteiger partial charge on any atom is 0.328 e. The summed E-state index contributed by atoms with van der Waals surface area (Å²) in [4.78, 5) is 10.7. The van der Waals surface area contributed by atoms with Crippen LogP contribution in [0.4, 0.5) is 0 Å². The van der Waals surface area contributed by atoms with E-state index in [0.29, 0.717) is 5.92 Å². The van der Waals surface area contributed by atoms with Crippen molar-refractivity contribution in [3.05, 3.63) is 35.3 Å². The number of carbonyl (C=O) groups is 1. The summed E-state index contributed by atoms with van der Waals surface area (Å²) in [6.45, 7) is 6.00. The summed E-state index contributed by atoms with van der Waals surface area (Å²) in [6, 6.07) is 1.96. The van der Waals surface area contributed by atoms with E-state index in [0.717, 1.165) is 28.8 Å². The topological polar surface area (TPSA) is 72.9 Å². The fourth-order valence-electron chi connectivity index (χ4n) is 2.05. The fourth-order valence-corrected chi connectivity index (χ4v) is 2.05. The molecule has 2 aromatic heterocycles. The minimum Gasteiger partial charge on any atom is -0.478 e. The zero-order valence-electron chi connectivity index (χ0n) is 12.0. The molecule has 0 saturated carbocycles. The predicted octanol–water partition coefficient (Wildman–Crippen LogP) is 2.14. The zero-order valence-corrected chi connectivity index (χ0v) is 12.0. The Morgan fingerprint density at radius 1 is 1.40 bits per heavy atom. The molecule has 0 aromatic carbocycles. The molecule has 2 aromatic rings. The Morgan fingerprint density at radius 2 is 2.10 bits per heavy atom. The number of aryl methyl sites for hydroxylation is 2. The monoisotopic (exact) mass is 274 g/mol. The van der Waals surface area contributed by atoms with Gasteiger partial charge in [0.1, 0.15) is 0 Å². The number of hydrogen-bond donors (Lipinski definition) is 1. The van der Waals surface area contributed by atoms with Crippen LogP contribution < -0.4 is 0 Å². The Kier molecular flexibility index (Phi) is 3.74. The highest BCUT2D eigenvalue weighted by molar-refractivity contribution is 5.86. The number of carboxylic acid groups (broad SMARTS) is 1. The second-order valence-corrected chi connectivity index (χ2v) is 4.96. The molecule has 20 heavy (non-hydrogen) atoms. The molecule has 0 spiro atoms. The summed E-state index contributed by atoms with van der Waals surface area (Å²) < 4.78 is 3.44. The van der Waals surface area contributed by atoms with E-state index in [4.69, 9.17) is 5.11 Å². The molecule has 0 fully saturated rings. The third-order valence-electron chi connectivity index (χ3n) is 3.05. The summed E-state index contributed by atoms with van der Waals surface area (Å²) >= 11 is 0. The van der Waals surface area contributed by atoms with Crippen molar-refractivity contribution in [3.8, 4) is 5.82 Å². The first-order chi connectivity index (χ1) is 9.40.